The summed E-state index contributed by atoms with van der Waals surface area (Å²) >= 11 is 0.522. The van der Waals surface area contributed by atoms with E-state index in [1.54, 1.807) is 18.2 Å². The summed E-state index contributed by atoms with van der Waals surface area (Å²) in [5, 5.41) is -2.31. The standard InChI is InChI=1S/C11H7F2NOS/c12-11(13)6-14-5-4-8(15)7-2-1-3-9(16-11)10(7)14/h1-5H,6H2. The van der Waals surface area contributed by atoms with E-state index in [-0.39, 0.29) is 12.0 Å². The van der Waals surface area contributed by atoms with Crippen LogP contribution in [0.15, 0.2) is 40.2 Å². The smallest absolute Gasteiger partial charge is 0.315 e. The van der Waals surface area contributed by atoms with Gasteiger partial charge in [0.25, 0.3) is 0 Å². The molecule has 1 aliphatic heterocycles. The monoisotopic (exact) mass is 239 g/mol. The molecule has 2 heterocycles. The molecule has 0 bridgehead atoms. The third-order valence-electron chi connectivity index (χ3n) is 2.57. The van der Waals surface area contributed by atoms with Crippen molar-refractivity contribution in [3.63, 3.8) is 0 Å². The highest BCUT2D eigenvalue weighted by Crippen LogP contribution is 2.43. The van der Waals surface area contributed by atoms with Gasteiger partial charge in [0.2, 0.25) is 0 Å². The first-order valence-electron chi connectivity index (χ1n) is 4.76. The van der Waals surface area contributed by atoms with Crippen LogP contribution in [0, 0.1) is 0 Å². The fourth-order valence-electron chi connectivity index (χ4n) is 1.94. The minimum absolute atomic E-state index is 0.126. The summed E-state index contributed by atoms with van der Waals surface area (Å²) in [6.45, 7) is -0.383. The Morgan fingerprint density at radius 1 is 1.31 bits per heavy atom. The van der Waals surface area contributed by atoms with Crippen LogP contribution in [0.3, 0.4) is 0 Å². The predicted octanol–water partition coefficient (Wildman–Crippen LogP) is 2.70. The Balaban J connectivity index is 2.43. The number of nitrogens with zero attached hydrogens (tertiary/aromatic N) is 1. The summed E-state index contributed by atoms with van der Waals surface area (Å²) in [5.74, 6) is 0. The van der Waals surface area contributed by atoms with Crippen molar-refractivity contribution >= 4 is 22.7 Å². The number of thioether (sulfide) groups is 1. The van der Waals surface area contributed by atoms with Crippen LogP contribution in [-0.4, -0.2) is 9.82 Å². The summed E-state index contributed by atoms with van der Waals surface area (Å²) in [4.78, 5) is 12.0. The van der Waals surface area contributed by atoms with Gasteiger partial charge in [0, 0.05) is 22.5 Å². The van der Waals surface area contributed by atoms with Crippen LogP contribution >= 0.6 is 11.8 Å². The minimum Gasteiger partial charge on any atom is -0.339 e. The van der Waals surface area contributed by atoms with Crippen molar-refractivity contribution in [2.75, 3.05) is 0 Å². The highest BCUT2D eigenvalue weighted by molar-refractivity contribution is 8.00. The maximum Gasteiger partial charge on any atom is 0.315 e. The lowest BCUT2D eigenvalue weighted by Gasteiger charge is -2.25. The van der Waals surface area contributed by atoms with Gasteiger partial charge >= 0.3 is 5.25 Å². The zero-order valence-corrected chi connectivity index (χ0v) is 8.93. The number of aromatic nitrogens is 1. The Morgan fingerprint density at radius 2 is 2.12 bits per heavy atom. The van der Waals surface area contributed by atoms with E-state index >= 15 is 0 Å². The highest BCUT2D eigenvalue weighted by Gasteiger charge is 2.36. The Morgan fingerprint density at radius 3 is 2.94 bits per heavy atom. The van der Waals surface area contributed by atoms with Crippen LogP contribution in [0.4, 0.5) is 8.78 Å². The topological polar surface area (TPSA) is 22.0 Å². The number of pyridine rings is 1. The van der Waals surface area contributed by atoms with E-state index in [0.29, 0.717) is 27.6 Å². The van der Waals surface area contributed by atoms with Gasteiger partial charge in [0.05, 0.1) is 12.1 Å². The lowest BCUT2D eigenvalue weighted by Crippen LogP contribution is -2.25. The van der Waals surface area contributed by atoms with E-state index < -0.39 is 5.25 Å². The molecular formula is C11H7F2NOS. The van der Waals surface area contributed by atoms with Gasteiger partial charge in [-0.2, -0.15) is 8.78 Å². The van der Waals surface area contributed by atoms with Gasteiger partial charge in [0.1, 0.15) is 0 Å². The molecule has 2 nitrogen and oxygen atoms in total. The van der Waals surface area contributed by atoms with Gasteiger partial charge in [-0.05, 0) is 23.9 Å². The molecule has 3 rings (SSSR count). The second-order valence-electron chi connectivity index (χ2n) is 3.70. The number of benzene rings is 1. The Bertz CT molecular complexity index is 621. The molecule has 1 aromatic heterocycles. The molecule has 2 aromatic rings. The molecule has 0 spiro atoms. The van der Waals surface area contributed by atoms with Crippen LogP contribution in [0.25, 0.3) is 10.9 Å². The lowest BCUT2D eigenvalue weighted by atomic mass is 10.2. The first kappa shape index (κ1) is 9.84. The average Bonchev–Trinajstić information content (AvgIpc) is 2.21. The molecule has 1 aromatic carbocycles. The molecule has 0 fully saturated rings. The van der Waals surface area contributed by atoms with Crippen LogP contribution in [0.2, 0.25) is 0 Å². The van der Waals surface area contributed by atoms with E-state index in [1.165, 1.54) is 16.8 Å². The Kier molecular flexibility index (Phi) is 1.89. The van der Waals surface area contributed by atoms with Crippen molar-refractivity contribution in [3.8, 4) is 0 Å². The maximum absolute atomic E-state index is 13.4. The van der Waals surface area contributed by atoms with Crippen LogP contribution in [-0.2, 0) is 6.54 Å². The number of alkyl halides is 2. The Hall–Kier alpha value is -1.36. The minimum atomic E-state index is -2.81. The number of para-hydroxylation sites is 1. The first-order valence-corrected chi connectivity index (χ1v) is 5.57. The second kappa shape index (κ2) is 3.07. The van der Waals surface area contributed by atoms with E-state index in [0.717, 1.165) is 0 Å². The third-order valence-corrected chi connectivity index (χ3v) is 3.55. The number of halogens is 2. The highest BCUT2D eigenvalue weighted by atomic mass is 32.2. The molecule has 0 aliphatic carbocycles. The number of rotatable bonds is 0. The van der Waals surface area contributed by atoms with Gasteiger partial charge < -0.3 is 4.57 Å². The van der Waals surface area contributed by atoms with Gasteiger partial charge in [-0.3, -0.25) is 4.79 Å². The van der Waals surface area contributed by atoms with Gasteiger partial charge in [-0.15, -0.1) is 0 Å². The quantitative estimate of drug-likeness (QED) is 0.705. The normalized spacial score (nSPS) is 17.6. The summed E-state index contributed by atoms with van der Waals surface area (Å²) in [6, 6.07) is 6.26. The van der Waals surface area contributed by atoms with Gasteiger partial charge in [0.15, 0.2) is 5.43 Å². The molecule has 0 N–H and O–H groups in total. The summed E-state index contributed by atoms with van der Waals surface area (Å²) < 4.78 is 28.2. The number of hydrogen-bond donors (Lipinski definition) is 0. The summed E-state index contributed by atoms with van der Waals surface area (Å²) in [5.41, 5.74) is 0.491. The van der Waals surface area contributed by atoms with E-state index in [2.05, 4.69) is 0 Å². The van der Waals surface area contributed by atoms with E-state index in [4.69, 9.17) is 0 Å². The fraction of sp³-hybridized carbons (Fsp3) is 0.182. The van der Waals surface area contributed by atoms with Crippen LogP contribution < -0.4 is 5.43 Å². The fourth-order valence-corrected chi connectivity index (χ4v) is 2.94. The Labute approximate surface area is 93.9 Å². The molecule has 1 aliphatic rings. The molecule has 16 heavy (non-hydrogen) atoms. The molecule has 5 heteroatoms. The zero-order valence-electron chi connectivity index (χ0n) is 8.11. The van der Waals surface area contributed by atoms with Crippen molar-refractivity contribution in [3.05, 3.63) is 40.7 Å². The van der Waals surface area contributed by atoms with Crippen molar-refractivity contribution in [1.29, 1.82) is 0 Å². The zero-order chi connectivity index (χ0) is 11.3. The molecule has 0 saturated heterocycles. The molecule has 0 atom stereocenters. The van der Waals surface area contributed by atoms with Gasteiger partial charge in [-0.25, -0.2) is 0 Å². The molecule has 0 saturated carbocycles. The van der Waals surface area contributed by atoms with Crippen LogP contribution in [0.1, 0.15) is 0 Å². The van der Waals surface area contributed by atoms with Gasteiger partial charge in [-0.1, -0.05) is 6.07 Å². The van der Waals surface area contributed by atoms with Crippen molar-refractivity contribution in [2.45, 2.75) is 16.7 Å². The molecule has 82 valence electrons. The first-order chi connectivity index (χ1) is 7.57. The van der Waals surface area contributed by atoms with Crippen molar-refractivity contribution in [2.24, 2.45) is 0 Å². The summed E-state index contributed by atoms with van der Waals surface area (Å²) in [7, 11) is 0. The SMILES string of the molecule is O=c1ccn2c3c(cccc13)SC(F)(F)C2. The maximum atomic E-state index is 13.4. The number of hydrogen-bond acceptors (Lipinski definition) is 2. The summed E-state index contributed by atoms with van der Waals surface area (Å²) in [6.07, 6.45) is 1.43. The van der Waals surface area contributed by atoms with Crippen LogP contribution in [0.5, 0.6) is 0 Å². The van der Waals surface area contributed by atoms with Crippen molar-refractivity contribution in [1.82, 2.24) is 4.57 Å². The molecular weight excluding hydrogens is 232 g/mol. The van der Waals surface area contributed by atoms with Crippen molar-refractivity contribution < 1.29 is 8.78 Å². The lowest BCUT2D eigenvalue weighted by molar-refractivity contribution is 0.0843. The molecule has 0 unspecified atom stereocenters. The molecule has 0 radical (unpaired) electrons. The third kappa shape index (κ3) is 1.35. The van der Waals surface area contributed by atoms with E-state index in [9.17, 15) is 13.6 Å². The van der Waals surface area contributed by atoms with E-state index in [1.807, 2.05) is 0 Å². The molecule has 0 amide bonds. The average molecular weight is 239 g/mol. The predicted molar refractivity (Wildman–Crippen MR) is 59.0 cm³/mol. The largest absolute Gasteiger partial charge is 0.339 e. The second-order valence-corrected chi connectivity index (χ2v) is 4.94.